The summed E-state index contributed by atoms with van der Waals surface area (Å²) in [6.45, 7) is 5.08. The van der Waals surface area contributed by atoms with E-state index in [1.54, 1.807) is 17.5 Å². The minimum atomic E-state index is 0.120. The maximum absolute atomic E-state index is 6.29. The molecule has 0 fully saturated rings. The number of hydrogen-bond acceptors (Lipinski definition) is 3. The highest BCUT2D eigenvalue weighted by molar-refractivity contribution is 7.10. The lowest BCUT2D eigenvalue weighted by Gasteiger charge is -2.18. The largest absolute Gasteiger partial charge is 0.307 e. The normalized spacial score (nSPS) is 12.9. The summed E-state index contributed by atoms with van der Waals surface area (Å²) in [5.74, 6) is 0. The molecule has 0 bridgehead atoms. The van der Waals surface area contributed by atoms with Crippen LogP contribution in [0, 0.1) is 0 Å². The van der Waals surface area contributed by atoms with Crippen molar-refractivity contribution in [3.8, 4) is 0 Å². The van der Waals surface area contributed by atoms with Gasteiger partial charge in [-0.1, -0.05) is 18.5 Å². The topological polar surface area (TPSA) is 29.9 Å². The van der Waals surface area contributed by atoms with Gasteiger partial charge in [0, 0.05) is 11.4 Å². The van der Waals surface area contributed by atoms with Crippen molar-refractivity contribution in [3.05, 3.63) is 38.8 Å². The van der Waals surface area contributed by atoms with E-state index in [9.17, 15) is 0 Å². The molecule has 0 spiro atoms. The molecule has 0 aliphatic heterocycles. The van der Waals surface area contributed by atoms with Crippen molar-refractivity contribution in [2.75, 3.05) is 7.05 Å². The average molecular weight is 284 g/mol. The monoisotopic (exact) mass is 283 g/mol. The molecule has 5 heteroatoms. The molecule has 1 atom stereocenters. The number of thiophene rings is 1. The summed E-state index contributed by atoms with van der Waals surface area (Å²) in [5, 5.41) is 10.5. The fourth-order valence-corrected chi connectivity index (χ4v) is 3.55. The first kappa shape index (κ1) is 13.6. The molecular formula is C13H18ClN3S. The SMILES string of the molecule is CCc1ccsc1C(NC)c1c(Cl)cnn1CC. The van der Waals surface area contributed by atoms with Gasteiger partial charge in [0.25, 0.3) is 0 Å². The van der Waals surface area contributed by atoms with Crippen LogP contribution in [0.1, 0.15) is 36.0 Å². The van der Waals surface area contributed by atoms with E-state index in [-0.39, 0.29) is 6.04 Å². The van der Waals surface area contributed by atoms with Gasteiger partial charge in [0.2, 0.25) is 0 Å². The van der Waals surface area contributed by atoms with Gasteiger partial charge >= 0.3 is 0 Å². The highest BCUT2D eigenvalue weighted by atomic mass is 35.5. The standard InChI is InChI=1S/C13H18ClN3S/c1-4-9-6-7-18-13(9)11(15-3)12-10(14)8-16-17(12)5-2/h6-8,11,15H,4-5H2,1-3H3. The summed E-state index contributed by atoms with van der Waals surface area (Å²) in [4.78, 5) is 1.33. The Balaban J connectivity index is 2.48. The molecule has 0 saturated heterocycles. The van der Waals surface area contributed by atoms with Crippen LogP contribution in [0.25, 0.3) is 0 Å². The zero-order chi connectivity index (χ0) is 13.1. The summed E-state index contributed by atoms with van der Waals surface area (Å²) >= 11 is 8.06. The Kier molecular flexibility index (Phi) is 4.43. The van der Waals surface area contributed by atoms with E-state index in [4.69, 9.17) is 11.6 Å². The van der Waals surface area contributed by atoms with Crippen LogP contribution in [-0.4, -0.2) is 16.8 Å². The highest BCUT2D eigenvalue weighted by Crippen LogP contribution is 2.33. The number of nitrogens with one attached hydrogen (secondary N) is 1. The van der Waals surface area contributed by atoms with Gasteiger partial charge in [-0.15, -0.1) is 11.3 Å². The van der Waals surface area contributed by atoms with Crippen LogP contribution in [0.15, 0.2) is 17.6 Å². The molecule has 18 heavy (non-hydrogen) atoms. The molecule has 98 valence electrons. The van der Waals surface area contributed by atoms with Gasteiger partial charge in [0.15, 0.2) is 0 Å². The van der Waals surface area contributed by atoms with E-state index in [1.807, 2.05) is 11.7 Å². The van der Waals surface area contributed by atoms with Crippen LogP contribution in [0.5, 0.6) is 0 Å². The molecule has 2 aromatic heterocycles. The van der Waals surface area contributed by atoms with Crippen molar-refractivity contribution in [2.24, 2.45) is 0 Å². The van der Waals surface area contributed by atoms with Gasteiger partial charge in [0.05, 0.1) is 23.0 Å². The average Bonchev–Trinajstić information content (AvgIpc) is 2.98. The Labute approximate surface area is 117 Å². The summed E-state index contributed by atoms with van der Waals surface area (Å²) in [6.07, 6.45) is 2.76. The second kappa shape index (κ2) is 5.87. The Morgan fingerprint density at radius 2 is 2.28 bits per heavy atom. The van der Waals surface area contributed by atoms with Gasteiger partial charge < -0.3 is 5.32 Å². The van der Waals surface area contributed by atoms with Crippen molar-refractivity contribution >= 4 is 22.9 Å². The fraction of sp³-hybridized carbons (Fsp3) is 0.462. The van der Waals surface area contributed by atoms with Crippen LogP contribution in [0.2, 0.25) is 5.02 Å². The van der Waals surface area contributed by atoms with Crippen molar-refractivity contribution in [1.29, 1.82) is 0 Å². The molecule has 3 nitrogen and oxygen atoms in total. The number of aryl methyl sites for hydroxylation is 2. The molecule has 0 aliphatic carbocycles. The Hall–Kier alpha value is -0.840. The lowest BCUT2D eigenvalue weighted by atomic mass is 10.1. The second-order valence-corrected chi connectivity index (χ2v) is 5.43. The Bertz CT molecular complexity index is 518. The first-order valence-corrected chi connectivity index (χ1v) is 7.43. The van der Waals surface area contributed by atoms with Gasteiger partial charge in [-0.25, -0.2) is 0 Å². The van der Waals surface area contributed by atoms with Crippen molar-refractivity contribution in [2.45, 2.75) is 32.9 Å². The molecule has 0 aliphatic rings. The van der Waals surface area contributed by atoms with Gasteiger partial charge in [-0.2, -0.15) is 5.10 Å². The van der Waals surface area contributed by atoms with Gasteiger partial charge in [-0.3, -0.25) is 4.68 Å². The smallest absolute Gasteiger partial charge is 0.0857 e. The van der Waals surface area contributed by atoms with E-state index < -0.39 is 0 Å². The first-order chi connectivity index (χ1) is 8.72. The maximum atomic E-state index is 6.29. The number of nitrogens with zero attached hydrogens (tertiary/aromatic N) is 2. The molecule has 1 N–H and O–H groups in total. The van der Waals surface area contributed by atoms with E-state index in [1.165, 1.54) is 10.4 Å². The number of halogens is 1. The van der Waals surface area contributed by atoms with E-state index in [2.05, 4.69) is 35.7 Å². The second-order valence-electron chi connectivity index (χ2n) is 4.08. The third-order valence-electron chi connectivity index (χ3n) is 3.12. The zero-order valence-corrected chi connectivity index (χ0v) is 12.5. The zero-order valence-electron chi connectivity index (χ0n) is 10.9. The van der Waals surface area contributed by atoms with Crippen molar-refractivity contribution in [1.82, 2.24) is 15.1 Å². The third-order valence-corrected chi connectivity index (χ3v) is 4.43. The fourth-order valence-electron chi connectivity index (χ4n) is 2.20. The first-order valence-electron chi connectivity index (χ1n) is 6.17. The van der Waals surface area contributed by atoms with Crippen LogP contribution in [-0.2, 0) is 13.0 Å². The summed E-state index contributed by atoms with van der Waals surface area (Å²) < 4.78 is 1.96. The van der Waals surface area contributed by atoms with E-state index in [0.29, 0.717) is 0 Å². The quantitative estimate of drug-likeness (QED) is 0.910. The molecule has 0 saturated carbocycles. The number of aromatic nitrogens is 2. The molecule has 2 heterocycles. The highest BCUT2D eigenvalue weighted by Gasteiger charge is 2.23. The minimum Gasteiger partial charge on any atom is -0.307 e. The molecule has 0 aromatic carbocycles. The van der Waals surface area contributed by atoms with Gasteiger partial charge in [0.1, 0.15) is 0 Å². The van der Waals surface area contributed by atoms with Crippen molar-refractivity contribution < 1.29 is 0 Å². The van der Waals surface area contributed by atoms with Crippen LogP contribution < -0.4 is 5.32 Å². The predicted octanol–water partition coefficient (Wildman–Crippen LogP) is 3.49. The molecule has 2 aromatic rings. The number of rotatable bonds is 5. The molecule has 2 rings (SSSR count). The lowest BCUT2D eigenvalue weighted by molar-refractivity contribution is 0.566. The Morgan fingerprint density at radius 1 is 1.50 bits per heavy atom. The van der Waals surface area contributed by atoms with Crippen molar-refractivity contribution in [3.63, 3.8) is 0 Å². The lowest BCUT2D eigenvalue weighted by Crippen LogP contribution is -2.21. The molecular weight excluding hydrogens is 266 g/mol. The Morgan fingerprint density at radius 3 is 2.89 bits per heavy atom. The van der Waals surface area contributed by atoms with E-state index in [0.717, 1.165) is 23.7 Å². The summed E-state index contributed by atoms with van der Waals surface area (Å²) in [7, 11) is 1.97. The molecule has 0 amide bonds. The van der Waals surface area contributed by atoms with Crippen LogP contribution in [0.3, 0.4) is 0 Å². The summed E-state index contributed by atoms with van der Waals surface area (Å²) in [5.41, 5.74) is 2.43. The molecule has 1 unspecified atom stereocenters. The van der Waals surface area contributed by atoms with Crippen LogP contribution in [0.4, 0.5) is 0 Å². The maximum Gasteiger partial charge on any atom is 0.0857 e. The number of hydrogen-bond donors (Lipinski definition) is 1. The summed E-state index contributed by atoms with van der Waals surface area (Å²) in [6, 6.07) is 2.31. The molecule has 0 radical (unpaired) electrons. The predicted molar refractivity (Wildman–Crippen MR) is 77.5 cm³/mol. The minimum absolute atomic E-state index is 0.120. The third kappa shape index (κ3) is 2.32. The van der Waals surface area contributed by atoms with Crippen LogP contribution >= 0.6 is 22.9 Å². The van der Waals surface area contributed by atoms with Gasteiger partial charge in [-0.05, 0) is 37.4 Å². The van der Waals surface area contributed by atoms with E-state index >= 15 is 0 Å².